The first-order chi connectivity index (χ1) is 9.19. The van der Waals surface area contributed by atoms with Crippen molar-refractivity contribution in [3.05, 3.63) is 22.7 Å². The van der Waals surface area contributed by atoms with Gasteiger partial charge in [-0.25, -0.2) is 0 Å². The summed E-state index contributed by atoms with van der Waals surface area (Å²) in [5, 5.41) is 7.16. The fourth-order valence-electron chi connectivity index (χ4n) is 3.98. The molecule has 1 aromatic carbocycles. The van der Waals surface area contributed by atoms with E-state index in [1.807, 2.05) is 12.1 Å². The summed E-state index contributed by atoms with van der Waals surface area (Å²) in [6.45, 7) is 0. The third-order valence-electron chi connectivity index (χ3n) is 4.90. The molecule has 2 bridgehead atoms. The summed E-state index contributed by atoms with van der Waals surface area (Å²) in [4.78, 5) is 11.4. The van der Waals surface area contributed by atoms with Crippen LogP contribution < -0.4 is 10.6 Å². The van der Waals surface area contributed by atoms with Gasteiger partial charge in [-0.2, -0.15) is 0 Å². The highest BCUT2D eigenvalue weighted by atomic mass is 35.5. The molecule has 2 saturated carbocycles. The number of nitrogens with one attached hydrogen (secondary N) is 2. The number of benzene rings is 1. The molecule has 0 spiro atoms. The first-order valence-electron chi connectivity index (χ1n) is 7.08. The molecule has 4 rings (SSSR count). The van der Waals surface area contributed by atoms with Crippen molar-refractivity contribution in [1.82, 2.24) is 0 Å². The Morgan fingerprint density at radius 2 is 2.16 bits per heavy atom. The summed E-state index contributed by atoms with van der Waals surface area (Å²) in [5.74, 6) is 1.79. The number of fused-ring (bicyclic) bond motifs is 3. The number of halogens is 1. The topological polar surface area (TPSA) is 41.1 Å². The summed E-state index contributed by atoms with van der Waals surface area (Å²) >= 11 is 6.32. The van der Waals surface area contributed by atoms with E-state index in [0.717, 1.165) is 28.8 Å². The van der Waals surface area contributed by atoms with Crippen LogP contribution in [0.5, 0.6) is 0 Å². The van der Waals surface area contributed by atoms with Gasteiger partial charge < -0.3 is 10.6 Å². The van der Waals surface area contributed by atoms with E-state index >= 15 is 0 Å². The average Bonchev–Trinajstić information content (AvgIpc) is 3.04. The quantitative estimate of drug-likeness (QED) is 0.869. The molecule has 1 amide bonds. The van der Waals surface area contributed by atoms with Gasteiger partial charge in [-0.3, -0.25) is 4.79 Å². The summed E-state index contributed by atoms with van der Waals surface area (Å²) in [5.41, 5.74) is 2.92. The maximum absolute atomic E-state index is 11.4. The van der Waals surface area contributed by atoms with Crippen molar-refractivity contribution < 1.29 is 4.79 Å². The van der Waals surface area contributed by atoms with E-state index in [2.05, 4.69) is 10.6 Å². The molecular formula is C15H17ClN2O. The zero-order chi connectivity index (χ0) is 13.0. The van der Waals surface area contributed by atoms with Gasteiger partial charge in [0.1, 0.15) is 0 Å². The normalized spacial score (nSPS) is 31.4. The summed E-state index contributed by atoms with van der Waals surface area (Å²) in [7, 11) is 0. The van der Waals surface area contributed by atoms with Crippen molar-refractivity contribution in [3.8, 4) is 0 Å². The molecule has 2 fully saturated rings. The van der Waals surface area contributed by atoms with E-state index in [-0.39, 0.29) is 5.91 Å². The van der Waals surface area contributed by atoms with Gasteiger partial charge in [-0.05, 0) is 48.8 Å². The number of rotatable bonds is 2. The average molecular weight is 277 g/mol. The van der Waals surface area contributed by atoms with Gasteiger partial charge in [0.25, 0.3) is 0 Å². The fourth-order valence-corrected chi connectivity index (χ4v) is 4.20. The third kappa shape index (κ3) is 1.91. The minimum atomic E-state index is 0.0585. The molecule has 0 radical (unpaired) electrons. The molecule has 4 heteroatoms. The van der Waals surface area contributed by atoms with Crippen LogP contribution in [0.1, 0.15) is 31.2 Å². The number of hydrogen-bond donors (Lipinski definition) is 2. The molecule has 1 aromatic rings. The van der Waals surface area contributed by atoms with Crippen LogP contribution in [0.3, 0.4) is 0 Å². The lowest BCUT2D eigenvalue weighted by molar-refractivity contribution is -0.115. The highest BCUT2D eigenvalue weighted by Gasteiger charge is 2.39. The van der Waals surface area contributed by atoms with Gasteiger partial charge in [-0.1, -0.05) is 18.0 Å². The second kappa shape index (κ2) is 4.14. The van der Waals surface area contributed by atoms with E-state index in [9.17, 15) is 4.79 Å². The Kier molecular flexibility index (Phi) is 2.52. The zero-order valence-electron chi connectivity index (χ0n) is 10.7. The molecule has 3 aliphatic rings. The minimum absolute atomic E-state index is 0.0585. The summed E-state index contributed by atoms with van der Waals surface area (Å²) < 4.78 is 0. The van der Waals surface area contributed by atoms with E-state index in [4.69, 9.17) is 11.6 Å². The predicted molar refractivity (Wildman–Crippen MR) is 76.6 cm³/mol. The van der Waals surface area contributed by atoms with Gasteiger partial charge in [0.05, 0.1) is 17.1 Å². The highest BCUT2D eigenvalue weighted by Crippen LogP contribution is 2.46. The smallest absolute Gasteiger partial charge is 0.228 e. The molecule has 3 atom stereocenters. The van der Waals surface area contributed by atoms with Crippen molar-refractivity contribution in [2.75, 3.05) is 10.6 Å². The summed E-state index contributed by atoms with van der Waals surface area (Å²) in [6.07, 6.45) is 5.87. The third-order valence-corrected chi connectivity index (χ3v) is 5.21. The van der Waals surface area contributed by atoms with Crippen LogP contribution in [0.4, 0.5) is 11.4 Å². The molecular weight excluding hydrogens is 260 g/mol. The number of anilines is 2. The first kappa shape index (κ1) is 11.6. The van der Waals surface area contributed by atoms with Crippen molar-refractivity contribution >= 4 is 28.9 Å². The first-order valence-corrected chi connectivity index (χ1v) is 7.45. The molecule has 1 heterocycles. The molecule has 19 heavy (non-hydrogen) atoms. The maximum atomic E-state index is 11.4. The second-order valence-corrected chi connectivity index (χ2v) is 6.55. The molecule has 2 aliphatic carbocycles. The van der Waals surface area contributed by atoms with Crippen LogP contribution in [-0.2, 0) is 11.2 Å². The minimum Gasteiger partial charge on any atom is -0.381 e. The van der Waals surface area contributed by atoms with E-state index in [0.29, 0.717) is 17.5 Å². The highest BCUT2D eigenvalue weighted by molar-refractivity contribution is 6.33. The maximum Gasteiger partial charge on any atom is 0.228 e. The molecule has 3 nitrogen and oxygen atoms in total. The van der Waals surface area contributed by atoms with Crippen LogP contribution in [0.2, 0.25) is 5.02 Å². The Hall–Kier alpha value is -1.22. The molecule has 2 N–H and O–H groups in total. The van der Waals surface area contributed by atoms with Gasteiger partial charge >= 0.3 is 0 Å². The second-order valence-electron chi connectivity index (χ2n) is 6.14. The van der Waals surface area contributed by atoms with Crippen molar-refractivity contribution in [1.29, 1.82) is 0 Å². The van der Waals surface area contributed by atoms with Crippen molar-refractivity contribution in [3.63, 3.8) is 0 Å². The molecule has 3 unspecified atom stereocenters. The molecule has 1 aliphatic heterocycles. The van der Waals surface area contributed by atoms with Gasteiger partial charge in [0, 0.05) is 11.7 Å². The molecule has 0 aromatic heterocycles. The monoisotopic (exact) mass is 276 g/mol. The van der Waals surface area contributed by atoms with Crippen molar-refractivity contribution in [2.24, 2.45) is 11.8 Å². The zero-order valence-corrected chi connectivity index (χ0v) is 11.5. The Labute approximate surface area is 117 Å². The Bertz CT molecular complexity index is 557. The van der Waals surface area contributed by atoms with E-state index in [1.165, 1.54) is 25.7 Å². The van der Waals surface area contributed by atoms with Crippen LogP contribution in [0.15, 0.2) is 12.1 Å². The van der Waals surface area contributed by atoms with E-state index < -0.39 is 0 Å². The van der Waals surface area contributed by atoms with Gasteiger partial charge in [-0.15, -0.1) is 0 Å². The van der Waals surface area contributed by atoms with Crippen LogP contribution in [-0.4, -0.2) is 11.9 Å². The molecule has 0 saturated heterocycles. The van der Waals surface area contributed by atoms with Crippen LogP contribution >= 0.6 is 11.6 Å². The predicted octanol–water partition coefficient (Wildman–Crippen LogP) is 3.44. The summed E-state index contributed by atoms with van der Waals surface area (Å²) in [6, 6.07) is 4.48. The number of amides is 1. The largest absolute Gasteiger partial charge is 0.381 e. The molecule has 100 valence electrons. The van der Waals surface area contributed by atoms with Crippen LogP contribution in [0, 0.1) is 11.8 Å². The lowest BCUT2D eigenvalue weighted by Gasteiger charge is -2.24. The number of carbonyl (C=O) groups is 1. The van der Waals surface area contributed by atoms with Crippen LogP contribution in [0.25, 0.3) is 0 Å². The van der Waals surface area contributed by atoms with Gasteiger partial charge in [0.2, 0.25) is 5.91 Å². The standard InChI is InChI=1S/C15H17ClN2O/c16-11-7-13-10(6-15(19)18-13)5-14(11)17-12-4-8-1-2-9(12)3-8/h5,7-9,12,17H,1-4,6H2,(H,18,19). The lowest BCUT2D eigenvalue weighted by atomic mass is 9.95. The Morgan fingerprint density at radius 3 is 2.89 bits per heavy atom. The van der Waals surface area contributed by atoms with Gasteiger partial charge in [0.15, 0.2) is 0 Å². The van der Waals surface area contributed by atoms with Crippen molar-refractivity contribution in [2.45, 2.75) is 38.1 Å². The Balaban J connectivity index is 1.58. The fraction of sp³-hybridized carbons (Fsp3) is 0.533. The Morgan fingerprint density at radius 1 is 1.26 bits per heavy atom. The lowest BCUT2D eigenvalue weighted by Crippen LogP contribution is -2.26. The number of carbonyl (C=O) groups excluding carboxylic acids is 1. The SMILES string of the molecule is O=C1Cc2cc(NC3CC4CCC3C4)c(Cl)cc2N1. The number of hydrogen-bond acceptors (Lipinski definition) is 2. The van der Waals surface area contributed by atoms with E-state index in [1.54, 1.807) is 0 Å².